The van der Waals surface area contributed by atoms with Gasteiger partial charge in [0, 0.05) is 29.8 Å². The van der Waals surface area contributed by atoms with Crippen LogP contribution in [0.2, 0.25) is 0 Å². The lowest BCUT2D eigenvalue weighted by Crippen LogP contribution is -1.95. The highest BCUT2D eigenvalue weighted by atomic mass is 16.6. The van der Waals surface area contributed by atoms with Gasteiger partial charge in [0.15, 0.2) is 5.78 Å². The molecule has 7 nitrogen and oxygen atoms in total. The van der Waals surface area contributed by atoms with Crippen molar-refractivity contribution in [2.75, 3.05) is 0 Å². The molecule has 2 rings (SSSR count). The summed E-state index contributed by atoms with van der Waals surface area (Å²) in [6, 6.07) is 11.0. The molecular weight excluding hydrogens is 288 g/mol. The van der Waals surface area contributed by atoms with Gasteiger partial charge in [-0.05, 0) is 35.9 Å². The molecule has 7 heteroatoms. The Morgan fingerprint density at radius 3 is 1.73 bits per heavy atom. The van der Waals surface area contributed by atoms with E-state index in [1.54, 1.807) is 0 Å². The lowest BCUT2D eigenvalue weighted by atomic mass is 10.1. The minimum absolute atomic E-state index is 0.0288. The van der Waals surface area contributed by atoms with E-state index in [-0.39, 0.29) is 17.2 Å². The summed E-state index contributed by atoms with van der Waals surface area (Å²) < 4.78 is 0. The summed E-state index contributed by atoms with van der Waals surface area (Å²) in [4.78, 5) is 31.9. The molecule has 0 aliphatic carbocycles. The molecule has 0 aliphatic heterocycles. The molecule has 0 aliphatic rings. The fraction of sp³-hybridized carbons (Fsp3) is 0. The fourth-order valence-electron chi connectivity index (χ4n) is 1.72. The van der Waals surface area contributed by atoms with Crippen molar-refractivity contribution in [1.82, 2.24) is 0 Å². The number of benzene rings is 2. The summed E-state index contributed by atoms with van der Waals surface area (Å²) >= 11 is 0. The molecule has 0 bridgehead atoms. The number of hydrogen-bond acceptors (Lipinski definition) is 5. The molecule has 0 amide bonds. The first-order valence-electron chi connectivity index (χ1n) is 6.19. The first kappa shape index (κ1) is 15.0. The number of non-ortho nitro benzene ring substituents is 2. The van der Waals surface area contributed by atoms with Crippen LogP contribution in [0.25, 0.3) is 6.08 Å². The summed E-state index contributed by atoms with van der Waals surface area (Å²) in [6.07, 6.45) is 2.83. The predicted octanol–water partition coefficient (Wildman–Crippen LogP) is 3.40. The van der Waals surface area contributed by atoms with Crippen molar-refractivity contribution >= 4 is 23.2 Å². The van der Waals surface area contributed by atoms with E-state index >= 15 is 0 Å². The molecule has 0 fully saturated rings. The van der Waals surface area contributed by atoms with Gasteiger partial charge in [0.1, 0.15) is 0 Å². The minimum atomic E-state index is -0.541. The third kappa shape index (κ3) is 3.60. The van der Waals surface area contributed by atoms with Gasteiger partial charge >= 0.3 is 0 Å². The lowest BCUT2D eigenvalue weighted by Gasteiger charge is -1.96. The molecule has 0 heterocycles. The molecule has 0 unspecified atom stereocenters. The summed E-state index contributed by atoms with van der Waals surface area (Å²) in [7, 11) is 0. The Balaban J connectivity index is 2.10. The topological polar surface area (TPSA) is 103 Å². The van der Waals surface area contributed by atoms with Crippen molar-refractivity contribution in [2.45, 2.75) is 0 Å². The van der Waals surface area contributed by atoms with Crippen LogP contribution in [0.4, 0.5) is 11.4 Å². The van der Waals surface area contributed by atoms with E-state index in [1.165, 1.54) is 60.7 Å². The maximum Gasteiger partial charge on any atom is 0.269 e. The zero-order valence-electron chi connectivity index (χ0n) is 11.2. The van der Waals surface area contributed by atoms with Crippen molar-refractivity contribution < 1.29 is 14.6 Å². The smallest absolute Gasteiger partial charge is 0.269 e. The van der Waals surface area contributed by atoms with Crippen molar-refractivity contribution in [3.05, 3.63) is 86.0 Å². The van der Waals surface area contributed by atoms with E-state index in [9.17, 15) is 25.0 Å². The van der Waals surface area contributed by atoms with Gasteiger partial charge in [0.25, 0.3) is 11.4 Å². The number of hydrogen-bond donors (Lipinski definition) is 0. The number of nitro groups is 2. The minimum Gasteiger partial charge on any atom is -0.289 e. The third-order valence-electron chi connectivity index (χ3n) is 2.89. The highest BCUT2D eigenvalue weighted by Crippen LogP contribution is 2.15. The van der Waals surface area contributed by atoms with Crippen LogP contribution in [0.3, 0.4) is 0 Å². The Bertz CT molecular complexity index is 749. The zero-order valence-corrected chi connectivity index (χ0v) is 11.2. The fourth-order valence-corrected chi connectivity index (χ4v) is 1.72. The maximum absolute atomic E-state index is 11.9. The Hall–Kier alpha value is -3.35. The van der Waals surface area contributed by atoms with E-state index < -0.39 is 9.85 Å². The van der Waals surface area contributed by atoms with Crippen molar-refractivity contribution in [2.24, 2.45) is 0 Å². The highest BCUT2D eigenvalue weighted by Gasteiger charge is 2.07. The summed E-state index contributed by atoms with van der Waals surface area (Å²) in [5.41, 5.74) is 0.847. The van der Waals surface area contributed by atoms with Crippen molar-refractivity contribution in [1.29, 1.82) is 0 Å². The van der Waals surface area contributed by atoms with E-state index in [0.717, 1.165) is 0 Å². The number of carbonyl (C=O) groups is 1. The largest absolute Gasteiger partial charge is 0.289 e. The second-order valence-corrected chi connectivity index (χ2v) is 4.35. The Morgan fingerprint density at radius 1 is 0.818 bits per heavy atom. The number of carbonyl (C=O) groups excluding carboxylic acids is 1. The Morgan fingerprint density at radius 2 is 1.27 bits per heavy atom. The third-order valence-corrected chi connectivity index (χ3v) is 2.89. The molecule has 0 saturated heterocycles. The lowest BCUT2D eigenvalue weighted by molar-refractivity contribution is -0.385. The number of allylic oxidation sites excluding steroid dienone is 1. The second-order valence-electron chi connectivity index (χ2n) is 4.35. The highest BCUT2D eigenvalue weighted by molar-refractivity contribution is 6.06. The number of rotatable bonds is 5. The summed E-state index contributed by atoms with van der Waals surface area (Å²) in [5.74, 6) is -0.312. The normalized spacial score (nSPS) is 10.5. The number of nitro benzene ring substituents is 2. The average molecular weight is 298 g/mol. The molecular formula is C15H10N2O5. The summed E-state index contributed by atoms with van der Waals surface area (Å²) in [5, 5.41) is 21.1. The van der Waals surface area contributed by atoms with Gasteiger partial charge in [-0.25, -0.2) is 0 Å². The van der Waals surface area contributed by atoms with Crippen LogP contribution in [0, 0.1) is 20.2 Å². The van der Waals surface area contributed by atoms with Crippen LogP contribution in [-0.2, 0) is 0 Å². The summed E-state index contributed by atoms with van der Waals surface area (Å²) in [6.45, 7) is 0. The van der Waals surface area contributed by atoms with E-state index in [2.05, 4.69) is 0 Å². The van der Waals surface area contributed by atoms with Gasteiger partial charge in [-0.15, -0.1) is 0 Å². The molecule has 0 saturated carbocycles. The zero-order chi connectivity index (χ0) is 16.1. The Labute approximate surface area is 124 Å². The quantitative estimate of drug-likeness (QED) is 0.364. The standard InChI is InChI=1S/C15H10N2O5/c18-15(12-4-8-14(9-5-12)17(21)22)10-3-11-1-6-13(7-2-11)16(19)20/h1-10H/b10-3-. The molecule has 22 heavy (non-hydrogen) atoms. The molecule has 0 spiro atoms. The van der Waals surface area contributed by atoms with Gasteiger partial charge in [-0.2, -0.15) is 0 Å². The first-order chi connectivity index (χ1) is 10.5. The SMILES string of the molecule is O=C(/C=C\c1ccc([N+](=O)[O-])cc1)c1ccc([N+](=O)[O-])cc1. The van der Waals surface area contributed by atoms with Gasteiger partial charge in [0.2, 0.25) is 0 Å². The maximum atomic E-state index is 11.9. The first-order valence-corrected chi connectivity index (χ1v) is 6.19. The molecule has 2 aromatic rings. The van der Waals surface area contributed by atoms with Crippen molar-refractivity contribution in [3.8, 4) is 0 Å². The van der Waals surface area contributed by atoms with Crippen LogP contribution in [0.5, 0.6) is 0 Å². The van der Waals surface area contributed by atoms with Gasteiger partial charge in [0.05, 0.1) is 9.85 Å². The Kier molecular flexibility index (Phi) is 4.38. The van der Waals surface area contributed by atoms with Crippen LogP contribution < -0.4 is 0 Å². The molecule has 0 N–H and O–H groups in total. The van der Waals surface area contributed by atoms with Gasteiger partial charge < -0.3 is 0 Å². The average Bonchev–Trinajstić information content (AvgIpc) is 2.53. The van der Waals surface area contributed by atoms with Gasteiger partial charge in [-0.3, -0.25) is 25.0 Å². The van der Waals surface area contributed by atoms with Gasteiger partial charge in [-0.1, -0.05) is 6.08 Å². The van der Waals surface area contributed by atoms with E-state index in [0.29, 0.717) is 11.1 Å². The number of ketones is 1. The van der Waals surface area contributed by atoms with Crippen molar-refractivity contribution in [3.63, 3.8) is 0 Å². The van der Waals surface area contributed by atoms with Crippen LogP contribution in [0.15, 0.2) is 54.6 Å². The van der Waals surface area contributed by atoms with E-state index in [1.807, 2.05) is 0 Å². The second kappa shape index (κ2) is 6.40. The van der Waals surface area contributed by atoms with Crippen LogP contribution in [-0.4, -0.2) is 15.6 Å². The molecule has 110 valence electrons. The van der Waals surface area contributed by atoms with E-state index in [4.69, 9.17) is 0 Å². The number of nitrogens with zero attached hydrogens (tertiary/aromatic N) is 2. The molecule has 0 radical (unpaired) electrons. The molecule has 0 aromatic heterocycles. The van der Waals surface area contributed by atoms with Crippen LogP contribution in [0.1, 0.15) is 15.9 Å². The monoisotopic (exact) mass is 298 g/mol. The molecule has 0 atom stereocenters. The predicted molar refractivity (Wildman–Crippen MR) is 79.6 cm³/mol. The van der Waals surface area contributed by atoms with Crippen LogP contribution >= 0.6 is 0 Å². The molecule has 2 aromatic carbocycles.